The Balaban J connectivity index is 2.33. The van der Waals surface area contributed by atoms with Crippen LogP contribution in [0.2, 0.25) is 0 Å². The van der Waals surface area contributed by atoms with Gasteiger partial charge in [0.1, 0.15) is 6.04 Å². The molecule has 3 atom stereocenters. The summed E-state index contributed by atoms with van der Waals surface area (Å²) in [6, 6.07) is 12.2. The maximum Gasteiger partial charge on any atom is 0.326 e. The molecule has 3 unspecified atom stereocenters. The Labute approximate surface area is 217 Å². The van der Waals surface area contributed by atoms with E-state index in [0.29, 0.717) is 42.3 Å². The highest BCUT2D eigenvalue weighted by Crippen LogP contribution is 2.29. The summed E-state index contributed by atoms with van der Waals surface area (Å²) < 4.78 is 6.18. The molecule has 0 radical (unpaired) electrons. The lowest BCUT2D eigenvalue weighted by atomic mass is 10.1. The van der Waals surface area contributed by atoms with Crippen molar-refractivity contribution in [3.05, 3.63) is 42.5 Å². The second-order valence-electron chi connectivity index (χ2n) is 8.17. The minimum Gasteiger partial charge on any atom is -0.480 e. The molecule has 1 aromatic carbocycles. The van der Waals surface area contributed by atoms with Gasteiger partial charge in [-0.25, -0.2) is 9.78 Å². The number of aromatic nitrogens is 1. The van der Waals surface area contributed by atoms with Crippen LogP contribution in [0.25, 0.3) is 11.3 Å². The summed E-state index contributed by atoms with van der Waals surface area (Å²) in [5, 5.41) is 15.4. The minimum absolute atomic E-state index is 0.174. The number of thioether (sulfide) groups is 1. The Bertz CT molecular complexity index is 933. The molecule has 0 aliphatic carbocycles. The van der Waals surface area contributed by atoms with Crippen molar-refractivity contribution < 1.29 is 19.4 Å². The number of carbonyl (C=O) groups excluding carboxylic acids is 1. The number of unbranched alkanes of at least 4 members (excludes halogenated alkanes) is 1. The Kier molecular flexibility index (Phi) is 12.8. The van der Waals surface area contributed by atoms with Crippen LogP contribution in [0.3, 0.4) is 0 Å². The van der Waals surface area contributed by atoms with E-state index in [1.807, 2.05) is 55.6 Å². The molecule has 0 aliphatic rings. The molecular formula is C25H36N4O4S2. The number of carbonyl (C=O) groups is 2. The predicted molar refractivity (Wildman–Crippen MR) is 146 cm³/mol. The molecule has 0 saturated carbocycles. The van der Waals surface area contributed by atoms with Crippen LogP contribution >= 0.6 is 24.4 Å². The maximum atomic E-state index is 13.1. The van der Waals surface area contributed by atoms with Crippen molar-refractivity contribution in [1.29, 1.82) is 0 Å². The van der Waals surface area contributed by atoms with Crippen molar-refractivity contribution in [2.45, 2.75) is 50.8 Å². The normalized spacial score (nSPS) is 13.5. The first-order valence-electron chi connectivity index (χ1n) is 11.7. The van der Waals surface area contributed by atoms with Gasteiger partial charge in [0.2, 0.25) is 5.88 Å². The zero-order chi connectivity index (χ0) is 25.6. The molecule has 0 saturated heterocycles. The van der Waals surface area contributed by atoms with Crippen molar-refractivity contribution in [2.24, 2.45) is 5.73 Å². The van der Waals surface area contributed by atoms with E-state index < -0.39 is 24.0 Å². The van der Waals surface area contributed by atoms with E-state index in [1.54, 1.807) is 0 Å². The van der Waals surface area contributed by atoms with E-state index in [-0.39, 0.29) is 11.9 Å². The fraction of sp³-hybridized carbons (Fsp3) is 0.480. The summed E-state index contributed by atoms with van der Waals surface area (Å²) in [5.41, 5.74) is 8.22. The standard InChI is InChI=1S/C25H36N4O4S2/c1-3-4-10-22(23(30)28-21(25(31)32)13-14-35-2)33-24-20(27-15-18(26)16-34)12-11-19(29-24)17-8-6-5-7-9-17/h5-9,11-12,18,21-22,27,34H,3-4,10,13-16,26H2,1-2H3,(H,28,30)(H,31,32). The smallest absolute Gasteiger partial charge is 0.326 e. The number of carboxylic acids is 1. The first kappa shape index (κ1) is 28.8. The summed E-state index contributed by atoms with van der Waals surface area (Å²) in [4.78, 5) is 29.5. The molecule has 1 aromatic heterocycles. The molecule has 2 aromatic rings. The van der Waals surface area contributed by atoms with Gasteiger partial charge in [0, 0.05) is 23.9 Å². The summed E-state index contributed by atoms with van der Waals surface area (Å²) in [5.74, 6) is -0.124. The van der Waals surface area contributed by atoms with E-state index in [0.717, 1.165) is 18.4 Å². The average molecular weight is 521 g/mol. The molecule has 0 spiro atoms. The van der Waals surface area contributed by atoms with Gasteiger partial charge in [0.25, 0.3) is 5.91 Å². The van der Waals surface area contributed by atoms with Crippen molar-refractivity contribution in [2.75, 3.05) is 29.6 Å². The molecule has 2 rings (SSSR count). The number of rotatable bonds is 16. The topological polar surface area (TPSA) is 127 Å². The van der Waals surface area contributed by atoms with Crippen LogP contribution in [-0.4, -0.2) is 64.5 Å². The summed E-state index contributed by atoms with van der Waals surface area (Å²) in [7, 11) is 0. The molecule has 35 heavy (non-hydrogen) atoms. The van der Waals surface area contributed by atoms with E-state index >= 15 is 0 Å². The van der Waals surface area contributed by atoms with Crippen LogP contribution in [0.1, 0.15) is 32.6 Å². The van der Waals surface area contributed by atoms with Gasteiger partial charge in [0.05, 0.1) is 11.4 Å². The highest BCUT2D eigenvalue weighted by Gasteiger charge is 2.27. The van der Waals surface area contributed by atoms with E-state index in [2.05, 4.69) is 23.3 Å². The molecule has 8 nitrogen and oxygen atoms in total. The minimum atomic E-state index is -1.06. The van der Waals surface area contributed by atoms with Gasteiger partial charge in [-0.3, -0.25) is 4.79 Å². The number of pyridine rings is 1. The number of ether oxygens (including phenoxy) is 1. The van der Waals surface area contributed by atoms with Gasteiger partial charge in [-0.05, 0) is 43.4 Å². The van der Waals surface area contributed by atoms with Crippen LogP contribution in [0.5, 0.6) is 5.88 Å². The summed E-state index contributed by atoms with van der Waals surface area (Å²) in [6.45, 7) is 2.47. The predicted octanol–water partition coefficient (Wildman–Crippen LogP) is 3.68. The Morgan fingerprint density at radius 3 is 2.57 bits per heavy atom. The number of thiol groups is 1. The molecular weight excluding hydrogens is 484 g/mol. The van der Waals surface area contributed by atoms with Gasteiger partial charge in [-0.1, -0.05) is 43.7 Å². The summed E-state index contributed by atoms with van der Waals surface area (Å²) >= 11 is 5.76. The van der Waals surface area contributed by atoms with Crippen LogP contribution < -0.4 is 21.1 Å². The van der Waals surface area contributed by atoms with Gasteiger partial charge >= 0.3 is 5.97 Å². The van der Waals surface area contributed by atoms with Crippen LogP contribution in [0.4, 0.5) is 5.69 Å². The number of nitrogens with zero attached hydrogens (tertiary/aromatic N) is 1. The number of hydrogen-bond acceptors (Lipinski definition) is 8. The third kappa shape index (κ3) is 9.62. The number of benzene rings is 1. The molecule has 5 N–H and O–H groups in total. The monoisotopic (exact) mass is 520 g/mol. The van der Waals surface area contributed by atoms with Gasteiger partial charge in [0.15, 0.2) is 6.10 Å². The fourth-order valence-corrected chi connectivity index (χ4v) is 3.87. The number of aliphatic carboxylic acids is 1. The second kappa shape index (κ2) is 15.5. The number of nitrogens with one attached hydrogen (secondary N) is 2. The maximum absolute atomic E-state index is 13.1. The van der Waals surface area contributed by atoms with Crippen molar-refractivity contribution in [1.82, 2.24) is 10.3 Å². The molecule has 0 fully saturated rings. The number of anilines is 1. The Morgan fingerprint density at radius 1 is 1.20 bits per heavy atom. The second-order valence-corrected chi connectivity index (χ2v) is 9.52. The molecule has 1 heterocycles. The van der Waals surface area contributed by atoms with Gasteiger partial charge < -0.3 is 26.2 Å². The van der Waals surface area contributed by atoms with E-state index in [1.165, 1.54) is 11.8 Å². The van der Waals surface area contributed by atoms with E-state index in [9.17, 15) is 14.7 Å². The molecule has 0 aliphatic heterocycles. The number of amides is 1. The zero-order valence-corrected chi connectivity index (χ0v) is 22.0. The first-order chi connectivity index (χ1) is 16.9. The van der Waals surface area contributed by atoms with Crippen molar-refractivity contribution in [3.63, 3.8) is 0 Å². The molecule has 10 heteroatoms. The highest BCUT2D eigenvalue weighted by molar-refractivity contribution is 7.98. The number of nitrogens with two attached hydrogens (primary N) is 1. The van der Waals surface area contributed by atoms with Crippen LogP contribution in [0.15, 0.2) is 42.5 Å². The highest BCUT2D eigenvalue weighted by atomic mass is 32.2. The Hall–Kier alpha value is -2.43. The van der Waals surface area contributed by atoms with Gasteiger partial charge in [-0.2, -0.15) is 24.4 Å². The average Bonchev–Trinajstić information content (AvgIpc) is 2.87. The number of hydrogen-bond donors (Lipinski definition) is 5. The van der Waals surface area contributed by atoms with Crippen LogP contribution in [-0.2, 0) is 9.59 Å². The third-order valence-electron chi connectivity index (χ3n) is 5.31. The van der Waals surface area contributed by atoms with Crippen molar-refractivity contribution >= 4 is 42.0 Å². The lowest BCUT2D eigenvalue weighted by molar-refractivity contribution is -0.143. The van der Waals surface area contributed by atoms with E-state index in [4.69, 9.17) is 15.5 Å². The van der Waals surface area contributed by atoms with Crippen molar-refractivity contribution in [3.8, 4) is 17.1 Å². The first-order valence-corrected chi connectivity index (χ1v) is 13.8. The Morgan fingerprint density at radius 2 is 1.94 bits per heavy atom. The summed E-state index contributed by atoms with van der Waals surface area (Å²) in [6.07, 6.45) is 3.38. The lowest BCUT2D eigenvalue weighted by Gasteiger charge is -2.23. The van der Waals surface area contributed by atoms with Crippen LogP contribution in [0, 0.1) is 0 Å². The SMILES string of the molecule is CCCCC(Oc1nc(-c2ccccc2)ccc1NCC(N)CS)C(=O)NC(CCSC)C(=O)O. The quantitative estimate of drug-likeness (QED) is 0.212. The fourth-order valence-electron chi connectivity index (χ4n) is 3.27. The molecule has 1 amide bonds. The lowest BCUT2D eigenvalue weighted by Crippen LogP contribution is -2.47. The molecule has 192 valence electrons. The molecule has 0 bridgehead atoms. The van der Waals surface area contributed by atoms with Gasteiger partial charge in [-0.15, -0.1) is 0 Å². The third-order valence-corrected chi connectivity index (χ3v) is 6.42. The largest absolute Gasteiger partial charge is 0.480 e. The number of carboxylic acid groups (broad SMARTS) is 1. The zero-order valence-electron chi connectivity index (χ0n) is 20.3.